The minimum absolute atomic E-state index is 0.0301. The maximum Gasteiger partial charge on any atom is 0.225 e. The first kappa shape index (κ1) is 20.7. The number of rotatable bonds is 5. The highest BCUT2D eigenvalue weighted by molar-refractivity contribution is 5.77. The summed E-state index contributed by atoms with van der Waals surface area (Å²) in [5.41, 5.74) is -0.163. The monoisotopic (exact) mass is 414 g/mol. The van der Waals surface area contributed by atoms with E-state index >= 15 is 0 Å². The Bertz CT molecular complexity index is 871. The van der Waals surface area contributed by atoms with Gasteiger partial charge in [0.2, 0.25) is 5.91 Å². The summed E-state index contributed by atoms with van der Waals surface area (Å²) in [6.07, 6.45) is 5.43. The summed E-state index contributed by atoms with van der Waals surface area (Å²) < 4.78 is 18.9. The largest absolute Gasteiger partial charge is 0.389 e. The van der Waals surface area contributed by atoms with Crippen LogP contribution in [0.2, 0.25) is 0 Å². The summed E-state index contributed by atoms with van der Waals surface area (Å²) in [6.45, 7) is 1.34. The smallest absolute Gasteiger partial charge is 0.225 e. The lowest BCUT2D eigenvalue weighted by Gasteiger charge is -2.37. The summed E-state index contributed by atoms with van der Waals surface area (Å²) in [7, 11) is 0. The third-order valence-corrected chi connectivity index (χ3v) is 5.77. The van der Waals surface area contributed by atoms with E-state index in [2.05, 4.69) is 15.3 Å². The summed E-state index contributed by atoms with van der Waals surface area (Å²) in [5.74, 6) is 0.622. The lowest BCUT2D eigenvalue weighted by molar-refractivity contribution is -0.145. The van der Waals surface area contributed by atoms with Gasteiger partial charge in [-0.3, -0.25) is 4.79 Å². The van der Waals surface area contributed by atoms with Crippen molar-refractivity contribution in [2.24, 2.45) is 0 Å². The van der Waals surface area contributed by atoms with Crippen molar-refractivity contribution in [3.63, 3.8) is 0 Å². The van der Waals surface area contributed by atoms with E-state index in [4.69, 9.17) is 4.74 Å². The van der Waals surface area contributed by atoms with Gasteiger partial charge in [0.05, 0.1) is 37.1 Å². The van der Waals surface area contributed by atoms with E-state index in [9.17, 15) is 14.3 Å². The Morgan fingerprint density at radius 3 is 2.83 bits per heavy atom. The zero-order valence-electron chi connectivity index (χ0n) is 16.9. The number of hydrogen-bond donors (Lipinski definition) is 2. The molecule has 1 aliphatic heterocycles. The van der Waals surface area contributed by atoms with E-state index in [0.717, 1.165) is 25.5 Å². The first-order valence-corrected chi connectivity index (χ1v) is 10.5. The van der Waals surface area contributed by atoms with Crippen molar-refractivity contribution in [3.8, 4) is 0 Å². The summed E-state index contributed by atoms with van der Waals surface area (Å²) >= 11 is 0. The standard InChI is InChI=1S/C22H27FN4O3/c23-16-7-8-19(24-14-16)26-20-6-4-5-17(25-20)18-15-27(11-12-30-18)21(28)13-22(29)9-2-1-3-10-22/h4-8,14,18,29H,1-3,9-13,15H2,(H,24,25,26)/t18-/m1/s1. The van der Waals surface area contributed by atoms with E-state index in [1.807, 2.05) is 12.1 Å². The minimum atomic E-state index is -0.868. The molecule has 0 unspecified atom stereocenters. The van der Waals surface area contributed by atoms with Crippen LogP contribution in [-0.4, -0.2) is 51.2 Å². The van der Waals surface area contributed by atoms with Crippen LogP contribution in [0, 0.1) is 5.82 Å². The summed E-state index contributed by atoms with van der Waals surface area (Å²) in [6, 6.07) is 8.36. The molecule has 2 aliphatic rings. The van der Waals surface area contributed by atoms with Gasteiger partial charge in [0.15, 0.2) is 0 Å². The average molecular weight is 414 g/mol. The molecule has 2 aromatic rings. The zero-order valence-corrected chi connectivity index (χ0v) is 16.9. The molecule has 8 heteroatoms. The van der Waals surface area contributed by atoms with Crippen LogP contribution < -0.4 is 5.32 Å². The molecule has 1 aliphatic carbocycles. The molecule has 30 heavy (non-hydrogen) atoms. The van der Waals surface area contributed by atoms with Gasteiger partial charge in [-0.1, -0.05) is 25.3 Å². The molecule has 1 saturated heterocycles. The van der Waals surface area contributed by atoms with Crippen molar-refractivity contribution >= 4 is 17.5 Å². The Balaban J connectivity index is 1.40. The van der Waals surface area contributed by atoms with Crippen LogP contribution in [0.15, 0.2) is 36.5 Å². The number of hydrogen-bond acceptors (Lipinski definition) is 6. The zero-order chi connectivity index (χ0) is 21.0. The highest BCUT2D eigenvalue weighted by Gasteiger charge is 2.35. The van der Waals surface area contributed by atoms with Gasteiger partial charge >= 0.3 is 0 Å². The molecule has 160 valence electrons. The predicted molar refractivity (Wildman–Crippen MR) is 110 cm³/mol. The molecule has 4 rings (SSSR count). The lowest BCUT2D eigenvalue weighted by Crippen LogP contribution is -2.46. The van der Waals surface area contributed by atoms with Gasteiger partial charge in [-0.15, -0.1) is 0 Å². The van der Waals surface area contributed by atoms with Crippen molar-refractivity contribution in [3.05, 3.63) is 48.0 Å². The van der Waals surface area contributed by atoms with E-state index in [0.29, 0.717) is 49.9 Å². The lowest BCUT2D eigenvalue weighted by atomic mass is 9.82. The Morgan fingerprint density at radius 1 is 1.23 bits per heavy atom. The Morgan fingerprint density at radius 2 is 2.07 bits per heavy atom. The number of amides is 1. The summed E-state index contributed by atoms with van der Waals surface area (Å²) in [4.78, 5) is 23.1. The van der Waals surface area contributed by atoms with Crippen LogP contribution in [0.1, 0.15) is 50.3 Å². The van der Waals surface area contributed by atoms with Gasteiger partial charge in [-0.2, -0.15) is 0 Å². The van der Waals surface area contributed by atoms with Crippen molar-refractivity contribution in [2.75, 3.05) is 25.0 Å². The Hall–Kier alpha value is -2.58. The van der Waals surface area contributed by atoms with Crippen LogP contribution >= 0.6 is 0 Å². The number of morpholine rings is 1. The number of anilines is 2. The molecule has 0 aromatic carbocycles. The molecule has 2 aromatic heterocycles. The third-order valence-electron chi connectivity index (χ3n) is 5.77. The number of halogens is 1. The fraction of sp³-hybridized carbons (Fsp3) is 0.500. The number of aromatic nitrogens is 2. The second kappa shape index (κ2) is 9.06. The molecule has 2 fully saturated rings. The summed E-state index contributed by atoms with van der Waals surface area (Å²) in [5, 5.41) is 13.8. The maximum atomic E-state index is 13.0. The molecule has 7 nitrogen and oxygen atoms in total. The van der Waals surface area contributed by atoms with Crippen LogP contribution in [0.3, 0.4) is 0 Å². The average Bonchev–Trinajstić information content (AvgIpc) is 2.76. The quantitative estimate of drug-likeness (QED) is 0.780. The number of pyridine rings is 2. The molecular formula is C22H27FN4O3. The van der Waals surface area contributed by atoms with E-state index < -0.39 is 11.4 Å². The van der Waals surface area contributed by atoms with Crippen LogP contribution in [0.5, 0.6) is 0 Å². The number of nitrogens with zero attached hydrogens (tertiary/aromatic N) is 3. The SMILES string of the molecule is O=C(CC1(O)CCCCC1)N1CCO[C@@H](c2cccc(Nc3ccc(F)cn3)n2)C1. The fourth-order valence-corrected chi connectivity index (χ4v) is 4.12. The highest BCUT2D eigenvalue weighted by Crippen LogP contribution is 2.32. The van der Waals surface area contributed by atoms with Gasteiger partial charge in [-0.25, -0.2) is 14.4 Å². The van der Waals surface area contributed by atoms with Crippen molar-refractivity contribution in [2.45, 2.75) is 50.2 Å². The molecular weight excluding hydrogens is 387 g/mol. The van der Waals surface area contributed by atoms with Crippen molar-refractivity contribution in [1.29, 1.82) is 0 Å². The number of ether oxygens (including phenoxy) is 1. The van der Waals surface area contributed by atoms with Crippen LogP contribution in [0.4, 0.5) is 16.0 Å². The Labute approximate surface area is 175 Å². The fourth-order valence-electron chi connectivity index (χ4n) is 4.12. The minimum Gasteiger partial charge on any atom is -0.389 e. The van der Waals surface area contributed by atoms with Crippen LogP contribution in [-0.2, 0) is 9.53 Å². The molecule has 2 N–H and O–H groups in total. The van der Waals surface area contributed by atoms with Gasteiger partial charge in [0.25, 0.3) is 0 Å². The van der Waals surface area contributed by atoms with Crippen molar-refractivity contribution < 1.29 is 19.0 Å². The van der Waals surface area contributed by atoms with Gasteiger partial charge in [0, 0.05) is 6.54 Å². The molecule has 0 radical (unpaired) electrons. The van der Waals surface area contributed by atoms with Crippen molar-refractivity contribution in [1.82, 2.24) is 14.9 Å². The van der Waals surface area contributed by atoms with E-state index in [1.165, 1.54) is 12.1 Å². The predicted octanol–water partition coefficient (Wildman–Crippen LogP) is 3.34. The molecule has 1 atom stereocenters. The van der Waals surface area contributed by atoms with E-state index in [1.54, 1.807) is 11.0 Å². The molecule has 1 amide bonds. The van der Waals surface area contributed by atoms with Gasteiger partial charge in [0.1, 0.15) is 23.6 Å². The molecule has 0 spiro atoms. The van der Waals surface area contributed by atoms with E-state index in [-0.39, 0.29) is 18.4 Å². The molecule has 1 saturated carbocycles. The third kappa shape index (κ3) is 5.12. The van der Waals surface area contributed by atoms with Crippen LogP contribution in [0.25, 0.3) is 0 Å². The normalized spacial score (nSPS) is 21.3. The highest BCUT2D eigenvalue weighted by atomic mass is 19.1. The number of aliphatic hydroxyl groups is 1. The first-order valence-electron chi connectivity index (χ1n) is 10.5. The molecule has 3 heterocycles. The maximum absolute atomic E-state index is 13.0. The number of carbonyl (C=O) groups excluding carboxylic acids is 1. The number of carbonyl (C=O) groups is 1. The van der Waals surface area contributed by atoms with Gasteiger partial charge in [-0.05, 0) is 37.1 Å². The second-order valence-corrected chi connectivity index (χ2v) is 8.10. The first-order chi connectivity index (χ1) is 14.5. The topological polar surface area (TPSA) is 87.6 Å². The van der Waals surface area contributed by atoms with Gasteiger partial charge < -0.3 is 20.1 Å². The number of nitrogens with one attached hydrogen (secondary N) is 1. The Kier molecular flexibility index (Phi) is 6.24. The molecule has 0 bridgehead atoms. The second-order valence-electron chi connectivity index (χ2n) is 8.10.